The summed E-state index contributed by atoms with van der Waals surface area (Å²) in [7, 11) is 0. The van der Waals surface area contributed by atoms with Crippen molar-refractivity contribution in [1.82, 2.24) is 24.7 Å². The SMILES string of the molecule is CC1(C)CC(=O)C=C(NCCn2nc3c(-c4ccc(Cl)cc4)c(-c4ccc(Cl)cc4)cnn3c2=O)C1. The van der Waals surface area contributed by atoms with Crippen molar-refractivity contribution >= 4 is 34.6 Å². The molecule has 0 unspecified atom stereocenters. The predicted octanol–water partition coefficient (Wildman–Crippen LogP) is 5.39. The van der Waals surface area contributed by atoms with Crippen molar-refractivity contribution in [1.29, 1.82) is 0 Å². The van der Waals surface area contributed by atoms with Gasteiger partial charge in [-0.15, -0.1) is 5.10 Å². The summed E-state index contributed by atoms with van der Waals surface area (Å²) in [5.41, 5.74) is 4.28. The van der Waals surface area contributed by atoms with Gasteiger partial charge >= 0.3 is 5.69 Å². The molecule has 2 aromatic carbocycles. The number of carbonyl (C=O) groups is 1. The molecule has 4 aromatic rings. The van der Waals surface area contributed by atoms with Crippen molar-refractivity contribution in [2.24, 2.45) is 5.41 Å². The molecular weight excluding hydrogens is 497 g/mol. The van der Waals surface area contributed by atoms with Gasteiger partial charge < -0.3 is 5.32 Å². The molecule has 0 saturated carbocycles. The van der Waals surface area contributed by atoms with E-state index in [1.54, 1.807) is 24.4 Å². The number of nitrogens with one attached hydrogen (secondary N) is 1. The Labute approximate surface area is 218 Å². The van der Waals surface area contributed by atoms with E-state index in [1.165, 1.54) is 9.20 Å². The number of fused-ring (bicyclic) bond motifs is 1. The molecule has 1 aliphatic rings. The monoisotopic (exact) mass is 521 g/mol. The van der Waals surface area contributed by atoms with Gasteiger partial charge in [0, 0.05) is 45.9 Å². The van der Waals surface area contributed by atoms with Gasteiger partial charge in [0.05, 0.1) is 12.7 Å². The Kier molecular flexibility index (Phi) is 6.45. The van der Waals surface area contributed by atoms with Crippen LogP contribution in [0.15, 0.2) is 71.3 Å². The van der Waals surface area contributed by atoms with Crippen LogP contribution >= 0.6 is 23.2 Å². The Morgan fingerprint density at radius 2 is 1.58 bits per heavy atom. The van der Waals surface area contributed by atoms with E-state index >= 15 is 0 Å². The average Bonchev–Trinajstić information content (AvgIpc) is 3.14. The van der Waals surface area contributed by atoms with Crippen molar-refractivity contribution in [3.8, 4) is 22.3 Å². The van der Waals surface area contributed by atoms with Gasteiger partial charge in [-0.3, -0.25) is 4.79 Å². The summed E-state index contributed by atoms with van der Waals surface area (Å²) in [6, 6.07) is 14.9. The predicted molar refractivity (Wildman–Crippen MR) is 142 cm³/mol. The van der Waals surface area contributed by atoms with Gasteiger partial charge in [0.25, 0.3) is 0 Å². The van der Waals surface area contributed by atoms with Gasteiger partial charge in [0.1, 0.15) is 0 Å². The van der Waals surface area contributed by atoms with Crippen molar-refractivity contribution in [3.05, 3.63) is 87.0 Å². The van der Waals surface area contributed by atoms with Gasteiger partial charge in [0.15, 0.2) is 11.4 Å². The number of hydrogen-bond donors (Lipinski definition) is 1. The van der Waals surface area contributed by atoms with E-state index in [-0.39, 0.29) is 16.9 Å². The zero-order valence-corrected chi connectivity index (χ0v) is 21.5. The minimum atomic E-state index is -0.335. The van der Waals surface area contributed by atoms with E-state index in [0.717, 1.165) is 34.4 Å². The topological polar surface area (TPSA) is 81.3 Å². The van der Waals surface area contributed by atoms with E-state index < -0.39 is 0 Å². The summed E-state index contributed by atoms with van der Waals surface area (Å²) in [5.74, 6) is 0.116. The van der Waals surface area contributed by atoms with Crippen LogP contribution in [0.4, 0.5) is 0 Å². The van der Waals surface area contributed by atoms with Crippen LogP contribution in [-0.4, -0.2) is 31.7 Å². The molecule has 2 aromatic heterocycles. The first-order chi connectivity index (χ1) is 17.2. The first-order valence-electron chi connectivity index (χ1n) is 11.7. The molecule has 1 N–H and O–H groups in total. The Bertz CT molecular complexity index is 1530. The van der Waals surface area contributed by atoms with Crippen LogP contribution in [0.5, 0.6) is 0 Å². The van der Waals surface area contributed by atoms with Crippen LogP contribution in [-0.2, 0) is 11.3 Å². The molecule has 5 rings (SSSR count). The van der Waals surface area contributed by atoms with E-state index in [2.05, 4.69) is 29.4 Å². The van der Waals surface area contributed by atoms with Crippen molar-refractivity contribution in [2.45, 2.75) is 33.2 Å². The second kappa shape index (κ2) is 9.56. The van der Waals surface area contributed by atoms with Crippen LogP contribution in [0.25, 0.3) is 27.9 Å². The molecule has 9 heteroatoms. The molecule has 184 valence electrons. The minimum absolute atomic E-state index is 0.0798. The summed E-state index contributed by atoms with van der Waals surface area (Å²) in [6.45, 7) is 4.94. The number of nitrogens with zero attached hydrogens (tertiary/aromatic N) is 4. The number of aromatic nitrogens is 4. The standard InChI is InChI=1S/C27H25Cl2N5O2/c1-27(2)14-21(13-22(35)15-27)30-11-12-33-26(36)34-25(32-33)24(18-5-9-20(29)10-6-18)23(16-31-34)17-3-7-19(28)8-4-17/h3-10,13,16,30H,11-12,14-15H2,1-2H3. The fourth-order valence-corrected chi connectivity index (χ4v) is 4.89. The van der Waals surface area contributed by atoms with E-state index in [0.29, 0.717) is 35.2 Å². The molecular formula is C27H25Cl2N5O2. The molecule has 0 fully saturated rings. The van der Waals surface area contributed by atoms with Crippen LogP contribution < -0.4 is 11.0 Å². The third kappa shape index (κ3) is 4.94. The Hall–Kier alpha value is -3.42. The number of allylic oxidation sites excluding steroid dienone is 2. The maximum Gasteiger partial charge on any atom is 0.367 e. The first-order valence-corrected chi connectivity index (χ1v) is 12.4. The van der Waals surface area contributed by atoms with Gasteiger partial charge in [-0.2, -0.15) is 9.61 Å². The van der Waals surface area contributed by atoms with Gasteiger partial charge in [-0.05, 0) is 47.2 Å². The normalized spacial score (nSPS) is 15.2. The van der Waals surface area contributed by atoms with Gasteiger partial charge in [0.2, 0.25) is 0 Å². The Balaban J connectivity index is 1.52. The largest absolute Gasteiger partial charge is 0.386 e. The highest BCUT2D eigenvalue weighted by molar-refractivity contribution is 6.31. The molecule has 0 atom stereocenters. The third-order valence-electron chi connectivity index (χ3n) is 6.23. The molecule has 7 nitrogen and oxygen atoms in total. The molecule has 1 aliphatic carbocycles. The summed E-state index contributed by atoms with van der Waals surface area (Å²) in [6.07, 6.45) is 4.66. The number of hydrogen-bond acceptors (Lipinski definition) is 5. The number of carbonyl (C=O) groups excluding carboxylic acids is 1. The van der Waals surface area contributed by atoms with Crippen LogP contribution in [0.1, 0.15) is 26.7 Å². The molecule has 0 amide bonds. The van der Waals surface area contributed by atoms with E-state index in [9.17, 15) is 9.59 Å². The van der Waals surface area contributed by atoms with E-state index in [1.807, 2.05) is 36.4 Å². The number of benzene rings is 2. The highest BCUT2D eigenvalue weighted by Crippen LogP contribution is 2.35. The second-order valence-corrected chi connectivity index (χ2v) is 10.6. The third-order valence-corrected chi connectivity index (χ3v) is 6.74. The number of rotatable bonds is 6. The van der Waals surface area contributed by atoms with E-state index in [4.69, 9.17) is 23.2 Å². The minimum Gasteiger partial charge on any atom is -0.386 e. The summed E-state index contributed by atoms with van der Waals surface area (Å²) in [5, 5.41) is 13.6. The average molecular weight is 522 g/mol. The Morgan fingerprint density at radius 1 is 0.944 bits per heavy atom. The summed E-state index contributed by atoms with van der Waals surface area (Å²) in [4.78, 5) is 25.2. The van der Waals surface area contributed by atoms with Gasteiger partial charge in [-0.25, -0.2) is 9.48 Å². The fourth-order valence-electron chi connectivity index (χ4n) is 4.64. The Morgan fingerprint density at radius 3 is 2.22 bits per heavy atom. The lowest BCUT2D eigenvalue weighted by atomic mass is 9.79. The highest BCUT2D eigenvalue weighted by Gasteiger charge is 2.27. The van der Waals surface area contributed by atoms with Crippen LogP contribution in [0.3, 0.4) is 0 Å². The zero-order valence-electron chi connectivity index (χ0n) is 20.0. The summed E-state index contributed by atoms with van der Waals surface area (Å²) >= 11 is 12.2. The molecule has 0 radical (unpaired) electrons. The fraction of sp³-hybridized carbons (Fsp3) is 0.259. The van der Waals surface area contributed by atoms with Gasteiger partial charge in [-0.1, -0.05) is 61.3 Å². The maximum absolute atomic E-state index is 13.2. The molecule has 0 aliphatic heterocycles. The zero-order chi connectivity index (χ0) is 25.4. The molecule has 0 bridgehead atoms. The molecule has 0 spiro atoms. The quantitative estimate of drug-likeness (QED) is 0.367. The lowest BCUT2D eigenvalue weighted by Gasteiger charge is -2.29. The number of halogens is 2. The highest BCUT2D eigenvalue weighted by atomic mass is 35.5. The van der Waals surface area contributed by atoms with Crippen LogP contribution in [0.2, 0.25) is 10.0 Å². The first kappa shape index (κ1) is 24.3. The van der Waals surface area contributed by atoms with Crippen LogP contribution in [0, 0.1) is 5.41 Å². The molecule has 36 heavy (non-hydrogen) atoms. The lowest BCUT2D eigenvalue weighted by molar-refractivity contribution is -0.117. The smallest absolute Gasteiger partial charge is 0.367 e. The van der Waals surface area contributed by atoms with Crippen molar-refractivity contribution < 1.29 is 4.79 Å². The number of ketones is 1. The maximum atomic E-state index is 13.2. The molecule has 0 saturated heterocycles. The summed E-state index contributed by atoms with van der Waals surface area (Å²) < 4.78 is 2.71. The molecule has 2 heterocycles. The second-order valence-electron chi connectivity index (χ2n) is 9.77. The van der Waals surface area contributed by atoms with Crippen molar-refractivity contribution in [2.75, 3.05) is 6.54 Å². The lowest BCUT2D eigenvalue weighted by Crippen LogP contribution is -2.31. The van der Waals surface area contributed by atoms with Crippen molar-refractivity contribution in [3.63, 3.8) is 0 Å².